The molecule has 0 aliphatic carbocycles. The average molecular weight is 384 g/mol. The number of hydrogen-bond acceptors (Lipinski definition) is 1. The Labute approximate surface area is 109 Å². The first-order chi connectivity index (χ1) is 6.65. The van der Waals surface area contributed by atoms with Gasteiger partial charge in [0.2, 0.25) is 0 Å². The lowest BCUT2D eigenvalue weighted by Crippen LogP contribution is -2.01. The topological polar surface area (TPSA) is 12.0 Å². The van der Waals surface area contributed by atoms with Crippen molar-refractivity contribution in [1.82, 2.24) is 0 Å². The van der Waals surface area contributed by atoms with E-state index >= 15 is 0 Å². The van der Waals surface area contributed by atoms with Gasteiger partial charge in [-0.15, -0.1) is 6.58 Å². The Kier molecular flexibility index (Phi) is 5.20. The van der Waals surface area contributed by atoms with Gasteiger partial charge in [0.25, 0.3) is 0 Å². The van der Waals surface area contributed by atoms with Crippen LogP contribution in [0.1, 0.15) is 6.42 Å². The molecule has 14 heavy (non-hydrogen) atoms. The molecule has 0 unspecified atom stereocenters. The lowest BCUT2D eigenvalue weighted by atomic mass is 10.3. The van der Waals surface area contributed by atoms with Crippen LogP contribution in [-0.2, 0) is 0 Å². The molecular weight excluding hydrogens is 374 g/mol. The summed E-state index contributed by atoms with van der Waals surface area (Å²) in [5.74, 6) is 0. The smallest absolute Gasteiger partial charge is 0.0629 e. The van der Waals surface area contributed by atoms with Gasteiger partial charge in [-0.1, -0.05) is 22.0 Å². The number of hydrogen-bond donors (Lipinski definition) is 1. The van der Waals surface area contributed by atoms with Crippen LogP contribution in [0.4, 0.5) is 5.69 Å². The highest BCUT2D eigenvalue weighted by Crippen LogP contribution is 2.34. The standard InChI is InChI=1S/C10H10Br3N/c1-2-3-4-14-10-8(12)5-7(11)6-9(10)13/h2,5-6,14H,1,3-4H2. The van der Waals surface area contributed by atoms with E-state index in [2.05, 4.69) is 59.7 Å². The van der Waals surface area contributed by atoms with E-state index in [1.165, 1.54) is 0 Å². The maximum absolute atomic E-state index is 3.68. The molecule has 0 aliphatic heterocycles. The van der Waals surface area contributed by atoms with Crippen LogP contribution < -0.4 is 5.32 Å². The van der Waals surface area contributed by atoms with Crippen LogP contribution in [0, 0.1) is 0 Å². The SMILES string of the molecule is C=CCCNc1c(Br)cc(Br)cc1Br. The quantitative estimate of drug-likeness (QED) is 0.572. The van der Waals surface area contributed by atoms with Crippen molar-refractivity contribution < 1.29 is 0 Å². The highest BCUT2D eigenvalue weighted by atomic mass is 79.9. The molecule has 0 atom stereocenters. The van der Waals surface area contributed by atoms with Crippen LogP contribution in [-0.4, -0.2) is 6.54 Å². The molecule has 0 fully saturated rings. The minimum atomic E-state index is 0.891. The second kappa shape index (κ2) is 5.93. The first kappa shape index (κ1) is 12.3. The van der Waals surface area contributed by atoms with Gasteiger partial charge in [-0.25, -0.2) is 0 Å². The molecule has 0 aliphatic rings. The summed E-state index contributed by atoms with van der Waals surface area (Å²) in [5, 5.41) is 3.32. The molecule has 1 N–H and O–H groups in total. The lowest BCUT2D eigenvalue weighted by molar-refractivity contribution is 1.07. The maximum atomic E-state index is 3.68. The fourth-order valence-electron chi connectivity index (χ4n) is 1.01. The van der Waals surface area contributed by atoms with Crippen LogP contribution in [0.5, 0.6) is 0 Å². The largest absolute Gasteiger partial charge is 0.383 e. The van der Waals surface area contributed by atoms with Gasteiger partial charge in [-0.2, -0.15) is 0 Å². The van der Waals surface area contributed by atoms with Gasteiger partial charge in [-0.05, 0) is 50.4 Å². The van der Waals surface area contributed by atoms with Crippen molar-refractivity contribution in [2.75, 3.05) is 11.9 Å². The molecule has 0 spiro atoms. The molecule has 0 bridgehead atoms. The monoisotopic (exact) mass is 381 g/mol. The minimum absolute atomic E-state index is 0.891. The zero-order valence-electron chi connectivity index (χ0n) is 7.49. The summed E-state index contributed by atoms with van der Waals surface area (Å²) in [5.41, 5.74) is 1.08. The fraction of sp³-hybridized carbons (Fsp3) is 0.200. The molecule has 1 aromatic rings. The molecule has 0 saturated carbocycles. The third kappa shape index (κ3) is 3.41. The van der Waals surface area contributed by atoms with E-state index in [0.29, 0.717) is 0 Å². The van der Waals surface area contributed by atoms with E-state index in [4.69, 9.17) is 0 Å². The molecule has 0 heterocycles. The number of nitrogens with one attached hydrogen (secondary N) is 1. The Morgan fingerprint density at radius 1 is 1.21 bits per heavy atom. The predicted octanol–water partition coefficient (Wildman–Crippen LogP) is 4.96. The Hall–Kier alpha value is 0.200. The second-order valence-electron chi connectivity index (χ2n) is 2.75. The zero-order valence-corrected chi connectivity index (χ0v) is 12.2. The second-order valence-corrected chi connectivity index (χ2v) is 5.37. The third-order valence-electron chi connectivity index (χ3n) is 1.66. The average Bonchev–Trinajstić information content (AvgIpc) is 2.09. The molecular formula is C10H10Br3N. The van der Waals surface area contributed by atoms with Gasteiger partial charge in [0.05, 0.1) is 5.69 Å². The van der Waals surface area contributed by atoms with E-state index in [1.54, 1.807) is 0 Å². The zero-order chi connectivity index (χ0) is 10.6. The number of anilines is 1. The molecule has 4 heteroatoms. The molecule has 1 nitrogen and oxygen atoms in total. The third-order valence-corrected chi connectivity index (χ3v) is 3.37. The van der Waals surface area contributed by atoms with E-state index in [-0.39, 0.29) is 0 Å². The van der Waals surface area contributed by atoms with Crippen molar-refractivity contribution in [2.24, 2.45) is 0 Å². The van der Waals surface area contributed by atoms with Gasteiger partial charge in [-0.3, -0.25) is 0 Å². The number of rotatable bonds is 4. The highest BCUT2D eigenvalue weighted by Gasteiger charge is 2.05. The maximum Gasteiger partial charge on any atom is 0.0629 e. The molecule has 0 saturated heterocycles. The summed E-state index contributed by atoms with van der Waals surface area (Å²) < 4.78 is 3.14. The minimum Gasteiger partial charge on any atom is -0.383 e. The summed E-state index contributed by atoms with van der Waals surface area (Å²) in [6, 6.07) is 4.03. The van der Waals surface area contributed by atoms with Gasteiger partial charge < -0.3 is 5.32 Å². The molecule has 76 valence electrons. The van der Waals surface area contributed by atoms with E-state index in [0.717, 1.165) is 32.1 Å². The van der Waals surface area contributed by atoms with Crippen LogP contribution >= 0.6 is 47.8 Å². The summed E-state index contributed by atoms with van der Waals surface area (Å²) in [6.07, 6.45) is 2.85. The van der Waals surface area contributed by atoms with Crippen LogP contribution in [0.25, 0.3) is 0 Å². The molecule has 1 aromatic carbocycles. The normalized spacial score (nSPS) is 9.93. The number of halogens is 3. The summed E-state index contributed by atoms with van der Waals surface area (Å²) >= 11 is 10.4. The van der Waals surface area contributed by atoms with E-state index < -0.39 is 0 Å². The summed E-state index contributed by atoms with van der Waals surface area (Å²) in [6.45, 7) is 4.57. The van der Waals surface area contributed by atoms with Gasteiger partial charge in [0.15, 0.2) is 0 Å². The van der Waals surface area contributed by atoms with Crippen LogP contribution in [0.15, 0.2) is 38.2 Å². The van der Waals surface area contributed by atoms with Crippen molar-refractivity contribution in [3.8, 4) is 0 Å². The van der Waals surface area contributed by atoms with E-state index in [9.17, 15) is 0 Å². The Balaban J connectivity index is 2.80. The van der Waals surface area contributed by atoms with Crippen LogP contribution in [0.2, 0.25) is 0 Å². The van der Waals surface area contributed by atoms with Crippen molar-refractivity contribution >= 4 is 53.5 Å². The Bertz CT molecular complexity index is 313. The fourth-order valence-corrected chi connectivity index (χ4v) is 3.55. The first-order valence-corrected chi connectivity index (χ1v) is 6.52. The van der Waals surface area contributed by atoms with Crippen molar-refractivity contribution in [3.63, 3.8) is 0 Å². The van der Waals surface area contributed by atoms with Crippen molar-refractivity contribution in [3.05, 3.63) is 38.2 Å². The summed E-state index contributed by atoms with van der Waals surface area (Å²) in [4.78, 5) is 0. The van der Waals surface area contributed by atoms with Gasteiger partial charge >= 0.3 is 0 Å². The van der Waals surface area contributed by atoms with Crippen molar-refractivity contribution in [2.45, 2.75) is 6.42 Å². The van der Waals surface area contributed by atoms with Crippen LogP contribution in [0.3, 0.4) is 0 Å². The van der Waals surface area contributed by atoms with E-state index in [1.807, 2.05) is 18.2 Å². The Morgan fingerprint density at radius 2 is 1.79 bits per heavy atom. The predicted molar refractivity (Wildman–Crippen MR) is 72.8 cm³/mol. The number of benzene rings is 1. The Morgan fingerprint density at radius 3 is 2.29 bits per heavy atom. The summed E-state index contributed by atoms with van der Waals surface area (Å²) in [7, 11) is 0. The highest BCUT2D eigenvalue weighted by molar-refractivity contribution is 9.11. The molecule has 0 amide bonds. The lowest BCUT2D eigenvalue weighted by Gasteiger charge is -2.10. The van der Waals surface area contributed by atoms with Gasteiger partial charge in [0.1, 0.15) is 0 Å². The molecule has 1 rings (SSSR count). The van der Waals surface area contributed by atoms with Gasteiger partial charge in [0, 0.05) is 20.0 Å². The first-order valence-electron chi connectivity index (χ1n) is 4.14. The molecule has 0 radical (unpaired) electrons. The molecule has 0 aromatic heterocycles. The van der Waals surface area contributed by atoms with Crippen molar-refractivity contribution in [1.29, 1.82) is 0 Å².